The molecule has 1 heterocycles. The van der Waals surface area contributed by atoms with Crippen LogP contribution >= 0.6 is 12.2 Å². The third-order valence-electron chi connectivity index (χ3n) is 4.93. The molecular weight excluding hydrogens is 386 g/mol. The Labute approximate surface area is 176 Å². The van der Waals surface area contributed by atoms with Crippen LogP contribution in [0.2, 0.25) is 0 Å². The zero-order valence-electron chi connectivity index (χ0n) is 16.7. The van der Waals surface area contributed by atoms with Crippen molar-refractivity contribution >= 4 is 34.9 Å². The molecule has 1 fully saturated rings. The van der Waals surface area contributed by atoms with Crippen molar-refractivity contribution in [1.29, 1.82) is 0 Å². The summed E-state index contributed by atoms with van der Waals surface area (Å²) in [6.07, 6.45) is 1.61. The Balaban J connectivity index is 1.53. The third kappa shape index (κ3) is 5.54. The summed E-state index contributed by atoms with van der Waals surface area (Å²) >= 11 is 5.38. The van der Waals surface area contributed by atoms with E-state index in [9.17, 15) is 9.59 Å². The first-order valence-corrected chi connectivity index (χ1v) is 9.96. The quantitative estimate of drug-likeness (QED) is 0.561. The first kappa shape index (κ1) is 20.8. The molecule has 0 spiro atoms. The van der Waals surface area contributed by atoms with E-state index in [4.69, 9.17) is 17.0 Å². The zero-order valence-corrected chi connectivity index (χ0v) is 17.5. The summed E-state index contributed by atoms with van der Waals surface area (Å²) in [6, 6.07) is 13.5. The lowest BCUT2D eigenvalue weighted by Gasteiger charge is -2.16. The number of amides is 1. The number of thiocarbonyl (C=S) groups is 1. The number of ether oxygens (including phenoxy) is 1. The van der Waals surface area contributed by atoms with Crippen LogP contribution in [0.25, 0.3) is 0 Å². The van der Waals surface area contributed by atoms with E-state index in [1.165, 1.54) is 7.11 Å². The Hall–Kier alpha value is -2.93. The van der Waals surface area contributed by atoms with Crippen molar-refractivity contribution < 1.29 is 14.3 Å². The van der Waals surface area contributed by atoms with Crippen molar-refractivity contribution in [3.8, 4) is 0 Å². The number of hydrogen-bond acceptors (Lipinski definition) is 4. The fourth-order valence-electron chi connectivity index (χ4n) is 3.20. The molecule has 152 valence electrons. The summed E-state index contributed by atoms with van der Waals surface area (Å²) in [5, 5.41) is 6.78. The number of likely N-dealkylation sites (tertiary alicyclic amines) is 1. The summed E-state index contributed by atoms with van der Waals surface area (Å²) in [4.78, 5) is 25.3. The van der Waals surface area contributed by atoms with Gasteiger partial charge in [-0.25, -0.2) is 4.79 Å². The molecule has 7 heteroatoms. The standard InChI is InChI=1S/C22H25N3O3S/c1-15-5-10-18(21(27)28-2)12-19(15)24-22(29)23-13-16-6-8-17(9-7-16)14-25-11-3-4-20(25)26/h5-10,12H,3-4,11,13-14H2,1-2H3,(H2,23,24,29). The Morgan fingerprint density at radius 1 is 1.17 bits per heavy atom. The molecule has 6 nitrogen and oxygen atoms in total. The number of hydrogen-bond donors (Lipinski definition) is 2. The summed E-state index contributed by atoms with van der Waals surface area (Å²) in [5.41, 5.74) is 4.42. The lowest BCUT2D eigenvalue weighted by molar-refractivity contribution is -0.128. The lowest BCUT2D eigenvalue weighted by Crippen LogP contribution is -2.28. The highest BCUT2D eigenvalue weighted by Gasteiger charge is 2.19. The summed E-state index contributed by atoms with van der Waals surface area (Å²) < 4.78 is 4.76. The van der Waals surface area contributed by atoms with Gasteiger partial charge >= 0.3 is 5.97 Å². The molecule has 0 radical (unpaired) electrons. The van der Waals surface area contributed by atoms with Gasteiger partial charge in [-0.3, -0.25) is 4.79 Å². The van der Waals surface area contributed by atoms with Gasteiger partial charge in [0.05, 0.1) is 12.7 Å². The molecule has 0 unspecified atom stereocenters. The maximum absolute atomic E-state index is 11.7. The highest BCUT2D eigenvalue weighted by molar-refractivity contribution is 7.80. The van der Waals surface area contributed by atoms with Gasteiger partial charge in [0.15, 0.2) is 5.11 Å². The van der Waals surface area contributed by atoms with Gasteiger partial charge in [-0.05, 0) is 54.4 Å². The molecule has 0 bridgehead atoms. The first-order valence-electron chi connectivity index (χ1n) is 9.55. The van der Waals surface area contributed by atoms with Gasteiger partial charge < -0.3 is 20.3 Å². The molecule has 2 N–H and O–H groups in total. The molecule has 1 saturated heterocycles. The number of aryl methyl sites for hydroxylation is 1. The largest absolute Gasteiger partial charge is 0.465 e. The minimum absolute atomic E-state index is 0.235. The Bertz CT molecular complexity index is 912. The Morgan fingerprint density at radius 3 is 2.55 bits per heavy atom. The maximum atomic E-state index is 11.7. The molecule has 1 aliphatic heterocycles. The molecule has 2 aromatic carbocycles. The van der Waals surface area contributed by atoms with Crippen molar-refractivity contribution in [2.75, 3.05) is 19.0 Å². The molecular formula is C22H25N3O3S. The van der Waals surface area contributed by atoms with Crippen LogP contribution < -0.4 is 10.6 Å². The molecule has 0 aliphatic carbocycles. The van der Waals surface area contributed by atoms with Crippen LogP contribution in [0.4, 0.5) is 5.69 Å². The molecule has 1 aliphatic rings. The number of nitrogens with one attached hydrogen (secondary N) is 2. The van der Waals surface area contributed by atoms with E-state index in [0.29, 0.717) is 30.2 Å². The SMILES string of the molecule is COC(=O)c1ccc(C)c(NC(=S)NCc2ccc(CN3CCCC3=O)cc2)c1. The van der Waals surface area contributed by atoms with E-state index in [2.05, 4.69) is 10.6 Å². The normalized spacial score (nSPS) is 13.3. The van der Waals surface area contributed by atoms with Crippen molar-refractivity contribution in [1.82, 2.24) is 10.2 Å². The molecule has 0 saturated carbocycles. The number of methoxy groups -OCH3 is 1. The molecule has 1 amide bonds. The second-order valence-corrected chi connectivity index (χ2v) is 7.47. The zero-order chi connectivity index (χ0) is 20.8. The van der Waals surface area contributed by atoms with Crippen molar-refractivity contribution in [3.05, 3.63) is 64.7 Å². The number of rotatable bonds is 6. The van der Waals surface area contributed by atoms with Gasteiger partial charge in [0.2, 0.25) is 5.91 Å². The van der Waals surface area contributed by atoms with Gasteiger partial charge in [-0.2, -0.15) is 0 Å². The van der Waals surface area contributed by atoms with Crippen LogP contribution in [-0.2, 0) is 22.6 Å². The van der Waals surface area contributed by atoms with Gasteiger partial charge in [-0.15, -0.1) is 0 Å². The fourth-order valence-corrected chi connectivity index (χ4v) is 3.39. The number of esters is 1. The number of benzene rings is 2. The minimum Gasteiger partial charge on any atom is -0.465 e. The monoisotopic (exact) mass is 411 g/mol. The lowest BCUT2D eigenvalue weighted by atomic mass is 10.1. The summed E-state index contributed by atoms with van der Waals surface area (Å²) in [6.45, 7) is 4.03. The molecule has 0 atom stereocenters. The van der Waals surface area contributed by atoms with Crippen molar-refractivity contribution in [3.63, 3.8) is 0 Å². The van der Waals surface area contributed by atoms with Crippen LogP contribution in [0.1, 0.15) is 39.9 Å². The predicted octanol–water partition coefficient (Wildman–Crippen LogP) is 3.39. The highest BCUT2D eigenvalue weighted by Crippen LogP contribution is 2.18. The number of nitrogens with zero attached hydrogens (tertiary/aromatic N) is 1. The van der Waals surface area contributed by atoms with Crippen LogP contribution in [0.5, 0.6) is 0 Å². The van der Waals surface area contributed by atoms with E-state index < -0.39 is 0 Å². The van der Waals surface area contributed by atoms with E-state index >= 15 is 0 Å². The van der Waals surface area contributed by atoms with Gasteiger partial charge in [0.25, 0.3) is 0 Å². The van der Waals surface area contributed by atoms with E-state index in [0.717, 1.165) is 35.3 Å². The topological polar surface area (TPSA) is 70.7 Å². The van der Waals surface area contributed by atoms with Gasteiger partial charge in [0.1, 0.15) is 0 Å². The van der Waals surface area contributed by atoms with E-state index in [1.54, 1.807) is 12.1 Å². The van der Waals surface area contributed by atoms with Crippen LogP contribution in [0.15, 0.2) is 42.5 Å². The predicted molar refractivity (Wildman–Crippen MR) is 117 cm³/mol. The van der Waals surface area contributed by atoms with Crippen molar-refractivity contribution in [2.45, 2.75) is 32.9 Å². The number of carbonyl (C=O) groups is 2. The van der Waals surface area contributed by atoms with Crippen molar-refractivity contribution in [2.24, 2.45) is 0 Å². The molecule has 2 aromatic rings. The minimum atomic E-state index is -0.386. The highest BCUT2D eigenvalue weighted by atomic mass is 32.1. The van der Waals surface area contributed by atoms with Gasteiger partial charge in [-0.1, -0.05) is 30.3 Å². The molecule has 3 rings (SSSR count). The third-order valence-corrected chi connectivity index (χ3v) is 5.17. The fraction of sp³-hybridized carbons (Fsp3) is 0.318. The maximum Gasteiger partial charge on any atom is 0.337 e. The van der Waals surface area contributed by atoms with Crippen LogP contribution in [-0.4, -0.2) is 35.5 Å². The molecule has 29 heavy (non-hydrogen) atoms. The average Bonchev–Trinajstić information content (AvgIpc) is 3.13. The summed E-state index contributed by atoms with van der Waals surface area (Å²) in [7, 11) is 1.36. The van der Waals surface area contributed by atoms with E-state index in [-0.39, 0.29) is 11.9 Å². The number of carbonyl (C=O) groups excluding carboxylic acids is 2. The van der Waals surface area contributed by atoms with Gasteiger partial charge in [0, 0.05) is 31.7 Å². The summed E-state index contributed by atoms with van der Waals surface area (Å²) in [5.74, 6) is -0.152. The molecule has 0 aromatic heterocycles. The van der Waals surface area contributed by atoms with Crippen LogP contribution in [0.3, 0.4) is 0 Å². The number of anilines is 1. The Kier molecular flexibility index (Phi) is 6.82. The average molecular weight is 412 g/mol. The van der Waals surface area contributed by atoms with E-state index in [1.807, 2.05) is 42.2 Å². The van der Waals surface area contributed by atoms with Crippen LogP contribution in [0, 0.1) is 6.92 Å². The Morgan fingerprint density at radius 2 is 1.90 bits per heavy atom. The second kappa shape index (κ2) is 9.52. The smallest absolute Gasteiger partial charge is 0.337 e. The second-order valence-electron chi connectivity index (χ2n) is 7.06. The first-order chi connectivity index (χ1) is 14.0.